The molecule has 1 heterocycles. The molecule has 2 rings (SSSR count). The van der Waals surface area contributed by atoms with Gasteiger partial charge in [0.1, 0.15) is 0 Å². The third-order valence-electron chi connectivity index (χ3n) is 2.74. The molecule has 0 saturated carbocycles. The van der Waals surface area contributed by atoms with Crippen molar-refractivity contribution >= 4 is 5.69 Å². The standard InChI is InChI=1S/C11H15N/c1-3-9-5-4-6-11-10(9)7-8-12(11)2/h4-6H,3,7-8H2,1-2H3. The highest BCUT2D eigenvalue weighted by Gasteiger charge is 2.16. The van der Waals surface area contributed by atoms with Gasteiger partial charge in [0.05, 0.1) is 0 Å². The molecule has 0 atom stereocenters. The Kier molecular flexibility index (Phi) is 1.80. The van der Waals surface area contributed by atoms with Gasteiger partial charge in [-0.25, -0.2) is 0 Å². The van der Waals surface area contributed by atoms with E-state index < -0.39 is 0 Å². The van der Waals surface area contributed by atoms with Gasteiger partial charge >= 0.3 is 0 Å². The maximum absolute atomic E-state index is 2.34. The Hall–Kier alpha value is -0.980. The van der Waals surface area contributed by atoms with Crippen LogP contribution < -0.4 is 4.90 Å². The average molecular weight is 161 g/mol. The van der Waals surface area contributed by atoms with Crippen LogP contribution in [0.3, 0.4) is 0 Å². The molecule has 1 aliphatic heterocycles. The average Bonchev–Trinajstić information content (AvgIpc) is 2.48. The van der Waals surface area contributed by atoms with Crippen LogP contribution in [0.1, 0.15) is 18.1 Å². The van der Waals surface area contributed by atoms with E-state index in [1.54, 1.807) is 5.56 Å². The molecule has 12 heavy (non-hydrogen) atoms. The monoisotopic (exact) mass is 161 g/mol. The summed E-state index contributed by atoms with van der Waals surface area (Å²) in [7, 11) is 2.17. The van der Waals surface area contributed by atoms with E-state index in [-0.39, 0.29) is 0 Å². The van der Waals surface area contributed by atoms with Crippen molar-refractivity contribution in [1.82, 2.24) is 0 Å². The van der Waals surface area contributed by atoms with E-state index in [0.717, 1.165) is 6.42 Å². The topological polar surface area (TPSA) is 3.24 Å². The number of fused-ring (bicyclic) bond motifs is 1. The van der Waals surface area contributed by atoms with Crippen LogP contribution >= 0.6 is 0 Å². The molecule has 0 fully saturated rings. The summed E-state index contributed by atoms with van der Waals surface area (Å²) in [4.78, 5) is 2.34. The van der Waals surface area contributed by atoms with Crippen LogP contribution in [0.4, 0.5) is 5.69 Å². The van der Waals surface area contributed by atoms with Crippen molar-refractivity contribution in [3.63, 3.8) is 0 Å². The number of aryl methyl sites for hydroxylation is 1. The van der Waals surface area contributed by atoms with E-state index in [2.05, 4.69) is 37.1 Å². The second-order valence-electron chi connectivity index (χ2n) is 3.44. The number of hydrogen-bond donors (Lipinski definition) is 0. The molecule has 1 aromatic rings. The number of likely N-dealkylation sites (N-methyl/N-ethyl adjacent to an activating group) is 1. The maximum Gasteiger partial charge on any atom is 0.0399 e. The summed E-state index contributed by atoms with van der Waals surface area (Å²) < 4.78 is 0. The molecule has 0 unspecified atom stereocenters. The van der Waals surface area contributed by atoms with Crippen molar-refractivity contribution in [3.05, 3.63) is 29.3 Å². The number of nitrogens with zero attached hydrogens (tertiary/aromatic N) is 1. The molecule has 64 valence electrons. The lowest BCUT2D eigenvalue weighted by atomic mass is 10.0. The lowest BCUT2D eigenvalue weighted by Crippen LogP contribution is -2.12. The molecule has 1 aromatic carbocycles. The first-order valence-corrected chi connectivity index (χ1v) is 4.65. The highest BCUT2D eigenvalue weighted by Crippen LogP contribution is 2.29. The van der Waals surface area contributed by atoms with Gasteiger partial charge in [-0.15, -0.1) is 0 Å². The zero-order valence-electron chi connectivity index (χ0n) is 7.80. The number of hydrogen-bond acceptors (Lipinski definition) is 1. The molecule has 0 aliphatic carbocycles. The first-order chi connectivity index (χ1) is 5.83. The summed E-state index contributed by atoms with van der Waals surface area (Å²) >= 11 is 0. The molecular weight excluding hydrogens is 146 g/mol. The predicted octanol–water partition coefficient (Wildman–Crippen LogP) is 2.24. The molecule has 1 aliphatic rings. The summed E-state index contributed by atoms with van der Waals surface area (Å²) in [5.74, 6) is 0. The van der Waals surface area contributed by atoms with Gasteiger partial charge in [0.25, 0.3) is 0 Å². The number of rotatable bonds is 1. The molecule has 0 amide bonds. The van der Waals surface area contributed by atoms with Crippen LogP contribution in [0.5, 0.6) is 0 Å². The second kappa shape index (κ2) is 2.81. The Balaban J connectivity index is 2.50. The van der Waals surface area contributed by atoms with Gasteiger partial charge in [-0.05, 0) is 30.0 Å². The Morgan fingerprint density at radius 1 is 1.42 bits per heavy atom. The van der Waals surface area contributed by atoms with Gasteiger partial charge in [-0.2, -0.15) is 0 Å². The highest BCUT2D eigenvalue weighted by molar-refractivity contribution is 5.60. The van der Waals surface area contributed by atoms with Crippen molar-refractivity contribution in [3.8, 4) is 0 Å². The summed E-state index contributed by atoms with van der Waals surface area (Å²) in [5, 5.41) is 0. The fourth-order valence-corrected chi connectivity index (χ4v) is 2.00. The van der Waals surface area contributed by atoms with E-state index in [4.69, 9.17) is 0 Å². The number of benzene rings is 1. The van der Waals surface area contributed by atoms with E-state index >= 15 is 0 Å². The fraction of sp³-hybridized carbons (Fsp3) is 0.455. The maximum atomic E-state index is 2.34. The van der Waals surface area contributed by atoms with Crippen LogP contribution in [-0.4, -0.2) is 13.6 Å². The van der Waals surface area contributed by atoms with Crippen LogP contribution in [0.25, 0.3) is 0 Å². The lowest BCUT2D eigenvalue weighted by molar-refractivity contribution is 0.948. The molecular formula is C11H15N. The lowest BCUT2D eigenvalue weighted by Gasteiger charge is -2.12. The summed E-state index contributed by atoms with van der Waals surface area (Å²) in [6, 6.07) is 6.64. The minimum absolute atomic E-state index is 1.16. The molecule has 0 N–H and O–H groups in total. The zero-order chi connectivity index (χ0) is 8.55. The van der Waals surface area contributed by atoms with Gasteiger partial charge < -0.3 is 4.90 Å². The molecule has 0 bridgehead atoms. The molecule has 0 aromatic heterocycles. The minimum atomic E-state index is 1.16. The Labute approximate surface area is 74.0 Å². The van der Waals surface area contributed by atoms with E-state index in [0.29, 0.717) is 0 Å². The van der Waals surface area contributed by atoms with Crippen LogP contribution in [0.15, 0.2) is 18.2 Å². The van der Waals surface area contributed by atoms with Gasteiger partial charge in [0.15, 0.2) is 0 Å². The van der Waals surface area contributed by atoms with Crippen molar-refractivity contribution < 1.29 is 0 Å². The predicted molar refractivity (Wildman–Crippen MR) is 52.8 cm³/mol. The van der Waals surface area contributed by atoms with Crippen LogP contribution in [0, 0.1) is 0 Å². The summed E-state index contributed by atoms with van der Waals surface area (Å²) in [5.41, 5.74) is 4.54. The van der Waals surface area contributed by atoms with Crippen LogP contribution in [0.2, 0.25) is 0 Å². The highest BCUT2D eigenvalue weighted by atomic mass is 15.1. The van der Waals surface area contributed by atoms with Gasteiger partial charge in [0.2, 0.25) is 0 Å². The molecule has 1 heteroatoms. The Morgan fingerprint density at radius 2 is 2.25 bits per heavy atom. The van der Waals surface area contributed by atoms with Crippen molar-refractivity contribution in [2.75, 3.05) is 18.5 Å². The minimum Gasteiger partial charge on any atom is -0.374 e. The SMILES string of the molecule is CCc1cccc2c1CCN2C. The first kappa shape index (κ1) is 7.66. The van der Waals surface area contributed by atoms with E-state index in [9.17, 15) is 0 Å². The third kappa shape index (κ3) is 1.01. The third-order valence-corrected chi connectivity index (χ3v) is 2.74. The largest absolute Gasteiger partial charge is 0.374 e. The zero-order valence-corrected chi connectivity index (χ0v) is 7.80. The first-order valence-electron chi connectivity index (χ1n) is 4.65. The molecule has 0 spiro atoms. The fourth-order valence-electron chi connectivity index (χ4n) is 2.00. The Morgan fingerprint density at radius 3 is 3.00 bits per heavy atom. The summed E-state index contributed by atoms with van der Waals surface area (Å²) in [6.07, 6.45) is 2.40. The quantitative estimate of drug-likeness (QED) is 0.610. The smallest absolute Gasteiger partial charge is 0.0399 e. The Bertz CT molecular complexity index is 291. The van der Waals surface area contributed by atoms with Gasteiger partial charge in [-0.1, -0.05) is 19.1 Å². The van der Waals surface area contributed by atoms with Crippen molar-refractivity contribution in [1.29, 1.82) is 0 Å². The van der Waals surface area contributed by atoms with Gasteiger partial charge in [-0.3, -0.25) is 0 Å². The normalized spacial score (nSPS) is 15.0. The van der Waals surface area contributed by atoms with Gasteiger partial charge in [0, 0.05) is 19.3 Å². The van der Waals surface area contributed by atoms with Crippen molar-refractivity contribution in [2.24, 2.45) is 0 Å². The van der Waals surface area contributed by atoms with E-state index in [1.165, 1.54) is 24.2 Å². The van der Waals surface area contributed by atoms with Crippen molar-refractivity contribution in [2.45, 2.75) is 19.8 Å². The van der Waals surface area contributed by atoms with E-state index in [1.807, 2.05) is 0 Å². The second-order valence-corrected chi connectivity index (χ2v) is 3.44. The molecule has 1 nitrogen and oxygen atoms in total. The number of anilines is 1. The molecule has 0 saturated heterocycles. The van der Waals surface area contributed by atoms with Crippen LogP contribution in [-0.2, 0) is 12.8 Å². The summed E-state index contributed by atoms with van der Waals surface area (Å²) in [6.45, 7) is 3.42. The molecule has 0 radical (unpaired) electrons.